The van der Waals surface area contributed by atoms with E-state index in [0.29, 0.717) is 24.6 Å². The van der Waals surface area contributed by atoms with Gasteiger partial charge in [-0.15, -0.1) is 0 Å². The molecule has 0 saturated carbocycles. The molecule has 1 atom stereocenters. The molecule has 3 rings (SSSR count). The van der Waals surface area contributed by atoms with Crippen LogP contribution in [0, 0.1) is 11.7 Å². The van der Waals surface area contributed by atoms with Crippen molar-refractivity contribution in [1.29, 1.82) is 0 Å². The van der Waals surface area contributed by atoms with E-state index in [2.05, 4.69) is 0 Å². The highest BCUT2D eigenvalue weighted by Crippen LogP contribution is 2.28. The maximum absolute atomic E-state index is 14.1. The molecule has 1 N–H and O–H groups in total. The Morgan fingerprint density at radius 3 is 2.50 bits per heavy atom. The number of carboxylic acid groups (broad SMARTS) is 1. The largest absolute Gasteiger partial charge is 0.478 e. The topological polar surface area (TPSA) is 74.7 Å². The molecule has 7 heteroatoms. The standard InChI is InChI=1S/C19H20FNO4S/c1-13-3-2-10-21(12-13)26(24,25)16-7-4-14(5-8-16)17-11-15(19(22)23)6-9-18(17)20/h4-9,11,13H,2-3,10,12H2,1H3,(H,22,23). The van der Waals surface area contributed by atoms with Crippen molar-refractivity contribution >= 4 is 16.0 Å². The van der Waals surface area contributed by atoms with E-state index in [1.54, 1.807) is 0 Å². The van der Waals surface area contributed by atoms with Gasteiger partial charge in [-0.3, -0.25) is 0 Å². The highest BCUT2D eigenvalue weighted by atomic mass is 32.2. The third kappa shape index (κ3) is 3.64. The molecular formula is C19H20FNO4S. The summed E-state index contributed by atoms with van der Waals surface area (Å²) in [6, 6.07) is 9.42. The lowest BCUT2D eigenvalue weighted by atomic mass is 10.0. The van der Waals surface area contributed by atoms with Crippen molar-refractivity contribution in [3.05, 3.63) is 53.8 Å². The van der Waals surface area contributed by atoms with Crippen LogP contribution in [0.25, 0.3) is 11.1 Å². The van der Waals surface area contributed by atoms with Gasteiger partial charge in [-0.05, 0) is 54.7 Å². The summed E-state index contributed by atoms with van der Waals surface area (Å²) >= 11 is 0. The number of sulfonamides is 1. The second-order valence-electron chi connectivity index (χ2n) is 6.63. The number of hydrogen-bond acceptors (Lipinski definition) is 3. The molecule has 1 fully saturated rings. The lowest BCUT2D eigenvalue weighted by Crippen LogP contribution is -2.39. The summed E-state index contributed by atoms with van der Waals surface area (Å²) in [7, 11) is -3.58. The first-order valence-corrected chi connectivity index (χ1v) is 9.86. The molecule has 1 aliphatic heterocycles. The number of benzene rings is 2. The SMILES string of the molecule is CC1CCCN(S(=O)(=O)c2ccc(-c3cc(C(=O)O)ccc3F)cc2)C1. The summed E-state index contributed by atoms with van der Waals surface area (Å²) in [5.41, 5.74) is 0.525. The molecule has 2 aromatic carbocycles. The van der Waals surface area contributed by atoms with Crippen molar-refractivity contribution in [2.45, 2.75) is 24.7 Å². The minimum Gasteiger partial charge on any atom is -0.478 e. The van der Waals surface area contributed by atoms with Gasteiger partial charge in [-0.2, -0.15) is 4.31 Å². The molecule has 1 heterocycles. The summed E-state index contributed by atoms with van der Waals surface area (Å²) in [5, 5.41) is 9.06. The molecule has 1 aliphatic rings. The quantitative estimate of drug-likeness (QED) is 0.883. The minimum atomic E-state index is -3.58. The molecule has 0 radical (unpaired) electrons. The Hall–Kier alpha value is -2.25. The summed E-state index contributed by atoms with van der Waals surface area (Å²) in [6.45, 7) is 3.03. The predicted octanol–water partition coefficient (Wildman–Crippen LogP) is 3.61. The minimum absolute atomic E-state index is 0.0274. The van der Waals surface area contributed by atoms with E-state index in [1.807, 2.05) is 6.92 Å². The second kappa shape index (κ2) is 7.17. The first-order valence-electron chi connectivity index (χ1n) is 8.42. The zero-order valence-electron chi connectivity index (χ0n) is 14.4. The fourth-order valence-electron chi connectivity index (χ4n) is 3.20. The van der Waals surface area contributed by atoms with Crippen LogP contribution in [0.15, 0.2) is 47.4 Å². The summed E-state index contributed by atoms with van der Waals surface area (Å²) in [6.07, 6.45) is 1.86. The second-order valence-corrected chi connectivity index (χ2v) is 8.57. The molecule has 138 valence electrons. The highest BCUT2D eigenvalue weighted by Gasteiger charge is 2.28. The Balaban J connectivity index is 1.91. The van der Waals surface area contributed by atoms with Crippen LogP contribution >= 0.6 is 0 Å². The van der Waals surface area contributed by atoms with E-state index in [9.17, 15) is 17.6 Å². The van der Waals surface area contributed by atoms with Crippen molar-refractivity contribution in [1.82, 2.24) is 4.31 Å². The van der Waals surface area contributed by atoms with Gasteiger partial charge in [0, 0.05) is 18.7 Å². The summed E-state index contributed by atoms with van der Waals surface area (Å²) in [4.78, 5) is 11.2. The molecule has 0 aromatic heterocycles. The maximum Gasteiger partial charge on any atom is 0.335 e. The predicted molar refractivity (Wildman–Crippen MR) is 96.0 cm³/mol. The summed E-state index contributed by atoms with van der Waals surface area (Å²) < 4.78 is 41.1. The van der Waals surface area contributed by atoms with Gasteiger partial charge in [0.05, 0.1) is 10.5 Å². The van der Waals surface area contributed by atoms with Crippen molar-refractivity contribution in [2.24, 2.45) is 5.92 Å². The van der Waals surface area contributed by atoms with E-state index in [0.717, 1.165) is 18.9 Å². The molecule has 1 unspecified atom stereocenters. The van der Waals surface area contributed by atoms with Crippen molar-refractivity contribution in [3.8, 4) is 11.1 Å². The number of hydrogen-bond donors (Lipinski definition) is 1. The number of rotatable bonds is 4. The lowest BCUT2D eigenvalue weighted by Gasteiger charge is -2.30. The number of halogens is 1. The van der Waals surface area contributed by atoms with Gasteiger partial charge >= 0.3 is 5.97 Å². The zero-order valence-corrected chi connectivity index (χ0v) is 15.2. The Morgan fingerprint density at radius 1 is 1.19 bits per heavy atom. The maximum atomic E-state index is 14.1. The van der Waals surface area contributed by atoms with Crippen LogP contribution in [0.1, 0.15) is 30.1 Å². The average Bonchev–Trinajstić information content (AvgIpc) is 2.62. The number of piperidine rings is 1. The van der Waals surface area contributed by atoms with Gasteiger partial charge in [0.25, 0.3) is 0 Å². The third-order valence-corrected chi connectivity index (χ3v) is 6.52. The van der Waals surface area contributed by atoms with E-state index >= 15 is 0 Å². The van der Waals surface area contributed by atoms with Crippen LogP contribution in [0.3, 0.4) is 0 Å². The average molecular weight is 377 g/mol. The number of aromatic carboxylic acids is 1. The van der Waals surface area contributed by atoms with Crippen LogP contribution in [0.2, 0.25) is 0 Å². The molecule has 0 spiro atoms. The van der Waals surface area contributed by atoms with Gasteiger partial charge in [0.2, 0.25) is 10.0 Å². The molecular weight excluding hydrogens is 357 g/mol. The van der Waals surface area contributed by atoms with E-state index in [4.69, 9.17) is 5.11 Å². The fourth-order valence-corrected chi connectivity index (χ4v) is 4.80. The zero-order chi connectivity index (χ0) is 18.9. The molecule has 26 heavy (non-hydrogen) atoms. The Morgan fingerprint density at radius 2 is 1.88 bits per heavy atom. The van der Waals surface area contributed by atoms with E-state index in [-0.39, 0.29) is 16.0 Å². The number of carboxylic acids is 1. The highest BCUT2D eigenvalue weighted by molar-refractivity contribution is 7.89. The molecule has 0 amide bonds. The number of nitrogens with zero attached hydrogens (tertiary/aromatic N) is 1. The van der Waals surface area contributed by atoms with Crippen molar-refractivity contribution < 1.29 is 22.7 Å². The van der Waals surface area contributed by atoms with Crippen LogP contribution in [-0.2, 0) is 10.0 Å². The van der Waals surface area contributed by atoms with E-state index in [1.165, 1.54) is 40.7 Å². The molecule has 2 aromatic rings. The normalized spacial score (nSPS) is 18.6. The van der Waals surface area contributed by atoms with Crippen LogP contribution in [0.4, 0.5) is 4.39 Å². The first-order chi connectivity index (χ1) is 12.3. The van der Waals surface area contributed by atoms with E-state index < -0.39 is 21.8 Å². The van der Waals surface area contributed by atoms with Crippen LogP contribution in [0.5, 0.6) is 0 Å². The molecule has 5 nitrogen and oxygen atoms in total. The van der Waals surface area contributed by atoms with Gasteiger partial charge in [0.15, 0.2) is 0 Å². The van der Waals surface area contributed by atoms with Crippen LogP contribution < -0.4 is 0 Å². The van der Waals surface area contributed by atoms with Crippen LogP contribution in [-0.4, -0.2) is 36.9 Å². The van der Waals surface area contributed by atoms with Crippen molar-refractivity contribution in [3.63, 3.8) is 0 Å². The molecule has 0 aliphatic carbocycles. The molecule has 0 bridgehead atoms. The van der Waals surface area contributed by atoms with Gasteiger partial charge in [0.1, 0.15) is 5.82 Å². The van der Waals surface area contributed by atoms with Gasteiger partial charge in [-0.1, -0.05) is 19.1 Å². The Labute approximate surface area is 152 Å². The third-order valence-electron chi connectivity index (χ3n) is 4.64. The smallest absolute Gasteiger partial charge is 0.335 e. The first kappa shape index (κ1) is 18.5. The van der Waals surface area contributed by atoms with Gasteiger partial charge < -0.3 is 5.11 Å². The Kier molecular flexibility index (Phi) is 5.11. The monoisotopic (exact) mass is 377 g/mol. The number of carbonyl (C=O) groups is 1. The van der Waals surface area contributed by atoms with Crippen molar-refractivity contribution in [2.75, 3.05) is 13.1 Å². The van der Waals surface area contributed by atoms with Gasteiger partial charge in [-0.25, -0.2) is 17.6 Å². The summed E-state index contributed by atoms with van der Waals surface area (Å²) in [5.74, 6) is -1.38. The molecule has 1 saturated heterocycles. The fraction of sp³-hybridized carbons (Fsp3) is 0.316. The Bertz CT molecular complexity index is 925. The lowest BCUT2D eigenvalue weighted by molar-refractivity contribution is 0.0697.